The fraction of sp³-hybridized carbons (Fsp3) is 0.526. The molecule has 2 saturated heterocycles. The Morgan fingerprint density at radius 3 is 2.88 bits per heavy atom. The Morgan fingerprint density at radius 2 is 2.12 bits per heavy atom. The number of benzene rings is 1. The molecule has 0 saturated carbocycles. The fourth-order valence-electron chi connectivity index (χ4n) is 3.92. The molecular formula is C19H25FN4O2. The summed E-state index contributed by atoms with van der Waals surface area (Å²) < 4.78 is 21.0. The zero-order chi connectivity index (χ0) is 17.9. The lowest BCUT2D eigenvalue weighted by Crippen LogP contribution is -2.44. The second-order valence-electron chi connectivity index (χ2n) is 7.06. The molecule has 1 aromatic carbocycles. The molecule has 2 fully saturated rings. The summed E-state index contributed by atoms with van der Waals surface area (Å²) in [6.07, 6.45) is 4.24. The summed E-state index contributed by atoms with van der Waals surface area (Å²) in [5.74, 6) is -0.224. The van der Waals surface area contributed by atoms with Crippen molar-refractivity contribution < 1.29 is 14.2 Å². The molecule has 4 rings (SSSR count). The number of hydrogen-bond donors (Lipinski definition) is 1. The first-order chi connectivity index (χ1) is 12.7. The van der Waals surface area contributed by atoms with Crippen LogP contribution in [0, 0.1) is 5.82 Å². The van der Waals surface area contributed by atoms with E-state index in [4.69, 9.17) is 4.74 Å². The van der Waals surface area contributed by atoms with Gasteiger partial charge in [0.05, 0.1) is 31.0 Å². The highest BCUT2D eigenvalue weighted by atomic mass is 19.1. The average Bonchev–Trinajstić information content (AvgIpc) is 3.25. The molecule has 1 aromatic heterocycles. The van der Waals surface area contributed by atoms with Crippen LogP contribution < -0.4 is 0 Å². The van der Waals surface area contributed by atoms with Crippen LogP contribution in [0.4, 0.5) is 4.39 Å². The predicted octanol–water partition coefficient (Wildman–Crippen LogP) is 1.28. The van der Waals surface area contributed by atoms with Crippen LogP contribution >= 0.6 is 0 Å². The predicted molar refractivity (Wildman–Crippen MR) is 95.6 cm³/mol. The fourth-order valence-corrected chi connectivity index (χ4v) is 3.92. The highest BCUT2D eigenvalue weighted by Gasteiger charge is 2.32. The topological polar surface area (TPSA) is 53.8 Å². The Bertz CT molecular complexity index is 724. The molecule has 0 aliphatic carbocycles. The van der Waals surface area contributed by atoms with Crippen molar-refractivity contribution in [2.75, 3.05) is 39.4 Å². The lowest BCUT2D eigenvalue weighted by atomic mass is 10.1. The summed E-state index contributed by atoms with van der Waals surface area (Å²) in [5, 5.41) is 14.4. The second kappa shape index (κ2) is 7.84. The van der Waals surface area contributed by atoms with Crippen molar-refractivity contribution in [3.05, 3.63) is 48.0 Å². The summed E-state index contributed by atoms with van der Waals surface area (Å²) in [6, 6.07) is 6.84. The van der Waals surface area contributed by atoms with Gasteiger partial charge in [-0.05, 0) is 49.3 Å². The van der Waals surface area contributed by atoms with Crippen molar-refractivity contribution in [1.82, 2.24) is 19.6 Å². The van der Waals surface area contributed by atoms with Crippen LogP contribution in [0.15, 0.2) is 36.7 Å². The van der Waals surface area contributed by atoms with Gasteiger partial charge in [0.2, 0.25) is 0 Å². The zero-order valence-corrected chi connectivity index (χ0v) is 14.8. The van der Waals surface area contributed by atoms with Crippen molar-refractivity contribution in [2.45, 2.75) is 25.1 Å². The molecule has 2 aliphatic rings. The molecule has 2 aliphatic heterocycles. The third-order valence-corrected chi connectivity index (χ3v) is 5.30. The molecule has 1 N–H and O–H groups in total. The Balaban J connectivity index is 1.45. The Labute approximate surface area is 152 Å². The smallest absolute Gasteiger partial charge is 0.123 e. The molecule has 2 atom stereocenters. The first-order valence-corrected chi connectivity index (χ1v) is 9.21. The first kappa shape index (κ1) is 17.6. The minimum atomic E-state index is -0.392. The average molecular weight is 360 g/mol. The maximum atomic E-state index is 13.8. The number of halogens is 1. The van der Waals surface area contributed by atoms with E-state index in [1.807, 2.05) is 12.3 Å². The van der Waals surface area contributed by atoms with Crippen LogP contribution in [0.5, 0.6) is 0 Å². The van der Waals surface area contributed by atoms with E-state index in [0.29, 0.717) is 19.8 Å². The van der Waals surface area contributed by atoms with Gasteiger partial charge in [0.25, 0.3) is 0 Å². The Kier molecular flexibility index (Phi) is 5.31. The number of ether oxygens (including phenoxy) is 1. The van der Waals surface area contributed by atoms with E-state index >= 15 is 0 Å². The van der Waals surface area contributed by atoms with Gasteiger partial charge in [-0.3, -0.25) is 9.80 Å². The maximum absolute atomic E-state index is 13.8. The molecular weight excluding hydrogens is 335 g/mol. The van der Waals surface area contributed by atoms with Gasteiger partial charge in [-0.1, -0.05) is 0 Å². The molecule has 0 spiro atoms. The van der Waals surface area contributed by atoms with Gasteiger partial charge in [-0.25, -0.2) is 9.07 Å². The quantitative estimate of drug-likeness (QED) is 0.890. The maximum Gasteiger partial charge on any atom is 0.123 e. The van der Waals surface area contributed by atoms with Crippen molar-refractivity contribution in [2.24, 2.45) is 0 Å². The molecule has 0 bridgehead atoms. The van der Waals surface area contributed by atoms with E-state index in [-0.39, 0.29) is 11.9 Å². The SMILES string of the molecule is O[C@H]1COC[C@@H]1N1CCCN(Cc2cc(F)ccc2-n2cccn2)CC1. The minimum absolute atomic E-state index is 0.101. The number of nitrogens with zero attached hydrogens (tertiary/aromatic N) is 4. The highest BCUT2D eigenvalue weighted by molar-refractivity contribution is 5.40. The summed E-state index contributed by atoms with van der Waals surface area (Å²) >= 11 is 0. The standard InChI is InChI=1S/C19H25FN4O2/c20-16-3-4-17(24-8-1-5-21-24)15(11-16)12-22-6-2-7-23(10-9-22)18-13-26-14-19(18)25/h1,3-5,8,11,18-19,25H,2,6-7,9-10,12-14H2/t18-,19-/m0/s1. The third-order valence-electron chi connectivity index (χ3n) is 5.30. The van der Waals surface area contributed by atoms with Crippen LogP contribution in [0.25, 0.3) is 5.69 Å². The molecule has 0 unspecified atom stereocenters. The number of aliphatic hydroxyl groups is 1. The second-order valence-corrected chi connectivity index (χ2v) is 7.06. The van der Waals surface area contributed by atoms with E-state index in [9.17, 15) is 9.50 Å². The van der Waals surface area contributed by atoms with Crippen LogP contribution in [0.3, 0.4) is 0 Å². The van der Waals surface area contributed by atoms with E-state index in [1.165, 1.54) is 6.07 Å². The monoisotopic (exact) mass is 360 g/mol. The summed E-state index contributed by atoms with van der Waals surface area (Å²) in [5.41, 5.74) is 1.85. The van der Waals surface area contributed by atoms with E-state index in [2.05, 4.69) is 14.9 Å². The van der Waals surface area contributed by atoms with Crippen molar-refractivity contribution in [1.29, 1.82) is 0 Å². The number of aliphatic hydroxyl groups excluding tert-OH is 1. The van der Waals surface area contributed by atoms with E-state index in [1.54, 1.807) is 23.0 Å². The number of rotatable bonds is 4. The van der Waals surface area contributed by atoms with Gasteiger partial charge in [0, 0.05) is 32.0 Å². The lowest BCUT2D eigenvalue weighted by molar-refractivity contribution is 0.0837. The van der Waals surface area contributed by atoms with Gasteiger partial charge in [-0.15, -0.1) is 0 Å². The van der Waals surface area contributed by atoms with Gasteiger partial charge < -0.3 is 9.84 Å². The molecule has 26 heavy (non-hydrogen) atoms. The summed E-state index contributed by atoms with van der Waals surface area (Å²) in [4.78, 5) is 4.68. The summed E-state index contributed by atoms with van der Waals surface area (Å²) in [6.45, 7) is 5.40. The number of hydrogen-bond acceptors (Lipinski definition) is 5. The van der Waals surface area contributed by atoms with E-state index in [0.717, 1.165) is 43.9 Å². The lowest BCUT2D eigenvalue weighted by Gasteiger charge is -2.28. The molecule has 6 nitrogen and oxygen atoms in total. The Hall–Kier alpha value is -1.80. The van der Waals surface area contributed by atoms with Crippen molar-refractivity contribution in [3.63, 3.8) is 0 Å². The molecule has 2 aromatic rings. The molecule has 140 valence electrons. The molecule has 7 heteroatoms. The zero-order valence-electron chi connectivity index (χ0n) is 14.8. The number of aromatic nitrogens is 2. The van der Waals surface area contributed by atoms with Crippen LogP contribution in [0.2, 0.25) is 0 Å². The Morgan fingerprint density at radius 1 is 1.19 bits per heavy atom. The van der Waals surface area contributed by atoms with Crippen LogP contribution in [0.1, 0.15) is 12.0 Å². The third kappa shape index (κ3) is 3.81. The summed E-state index contributed by atoms with van der Waals surface area (Å²) in [7, 11) is 0. The van der Waals surface area contributed by atoms with E-state index < -0.39 is 6.10 Å². The normalized spacial score (nSPS) is 25.5. The first-order valence-electron chi connectivity index (χ1n) is 9.21. The van der Waals surface area contributed by atoms with Crippen molar-refractivity contribution in [3.8, 4) is 5.69 Å². The van der Waals surface area contributed by atoms with Crippen LogP contribution in [-0.2, 0) is 11.3 Å². The van der Waals surface area contributed by atoms with Crippen LogP contribution in [-0.4, -0.2) is 76.2 Å². The highest BCUT2D eigenvalue weighted by Crippen LogP contribution is 2.20. The van der Waals surface area contributed by atoms with Crippen molar-refractivity contribution >= 4 is 0 Å². The van der Waals surface area contributed by atoms with Gasteiger partial charge in [-0.2, -0.15) is 5.10 Å². The largest absolute Gasteiger partial charge is 0.389 e. The molecule has 0 amide bonds. The van der Waals surface area contributed by atoms with Gasteiger partial charge in [0.15, 0.2) is 0 Å². The van der Waals surface area contributed by atoms with Gasteiger partial charge in [0.1, 0.15) is 5.82 Å². The minimum Gasteiger partial charge on any atom is -0.389 e. The molecule has 3 heterocycles. The van der Waals surface area contributed by atoms with Gasteiger partial charge >= 0.3 is 0 Å². The molecule has 0 radical (unpaired) electrons.